The van der Waals surface area contributed by atoms with E-state index in [1.54, 1.807) is 13.0 Å². The molecule has 4 nitrogen and oxygen atoms in total. The molecular formula is C17H18FNO3S. The molecule has 0 fully saturated rings. The molecule has 1 amide bonds. The second kappa shape index (κ2) is 7.37. The molecule has 122 valence electrons. The zero-order valence-electron chi connectivity index (χ0n) is 12.7. The van der Waals surface area contributed by atoms with Gasteiger partial charge in [-0.25, -0.2) is 12.8 Å². The van der Waals surface area contributed by atoms with E-state index in [2.05, 4.69) is 5.32 Å². The van der Waals surface area contributed by atoms with Gasteiger partial charge < -0.3 is 5.32 Å². The molecule has 0 aliphatic heterocycles. The van der Waals surface area contributed by atoms with Gasteiger partial charge in [-0.05, 0) is 18.6 Å². The van der Waals surface area contributed by atoms with E-state index >= 15 is 0 Å². The van der Waals surface area contributed by atoms with Crippen molar-refractivity contribution in [2.75, 3.05) is 5.75 Å². The number of hydrogen-bond donors (Lipinski definition) is 1. The van der Waals surface area contributed by atoms with Gasteiger partial charge in [0, 0.05) is 5.56 Å². The SMILES string of the molecule is CC(NC(=O)CS(=O)(=O)Cc1ccccc1F)c1ccccc1. The Kier molecular flexibility index (Phi) is 5.50. The molecule has 1 unspecified atom stereocenters. The van der Waals surface area contributed by atoms with Crippen LogP contribution in [0.3, 0.4) is 0 Å². The molecule has 0 radical (unpaired) electrons. The van der Waals surface area contributed by atoms with Crippen LogP contribution in [0.25, 0.3) is 0 Å². The fraction of sp³-hybridized carbons (Fsp3) is 0.235. The van der Waals surface area contributed by atoms with Gasteiger partial charge in [0.05, 0.1) is 11.8 Å². The van der Waals surface area contributed by atoms with Crippen LogP contribution in [0, 0.1) is 5.82 Å². The fourth-order valence-electron chi connectivity index (χ4n) is 2.21. The lowest BCUT2D eigenvalue weighted by molar-refractivity contribution is -0.119. The predicted octanol–water partition coefficient (Wildman–Crippen LogP) is 2.62. The van der Waals surface area contributed by atoms with Gasteiger partial charge in [-0.1, -0.05) is 48.5 Å². The third-order valence-electron chi connectivity index (χ3n) is 3.36. The summed E-state index contributed by atoms with van der Waals surface area (Å²) < 4.78 is 37.6. The lowest BCUT2D eigenvalue weighted by Gasteiger charge is -2.14. The second-order valence-electron chi connectivity index (χ2n) is 5.32. The Morgan fingerprint density at radius 2 is 1.70 bits per heavy atom. The van der Waals surface area contributed by atoms with E-state index in [0.717, 1.165) is 5.56 Å². The van der Waals surface area contributed by atoms with Crippen molar-refractivity contribution in [2.24, 2.45) is 0 Å². The maximum absolute atomic E-state index is 13.5. The average Bonchev–Trinajstić information content (AvgIpc) is 2.49. The summed E-state index contributed by atoms with van der Waals surface area (Å²) in [6.07, 6.45) is 0. The first kappa shape index (κ1) is 17.1. The zero-order valence-corrected chi connectivity index (χ0v) is 13.5. The summed E-state index contributed by atoms with van der Waals surface area (Å²) in [7, 11) is -3.74. The molecule has 2 aromatic carbocycles. The summed E-state index contributed by atoms with van der Waals surface area (Å²) in [4.78, 5) is 11.9. The molecule has 0 spiro atoms. The van der Waals surface area contributed by atoms with Crippen LogP contribution in [-0.4, -0.2) is 20.1 Å². The van der Waals surface area contributed by atoms with Gasteiger partial charge in [0.1, 0.15) is 11.6 Å². The Hall–Kier alpha value is -2.21. The Balaban J connectivity index is 1.97. The van der Waals surface area contributed by atoms with Crippen LogP contribution in [0.5, 0.6) is 0 Å². The molecule has 2 aromatic rings. The van der Waals surface area contributed by atoms with Crippen LogP contribution in [0.2, 0.25) is 0 Å². The van der Waals surface area contributed by atoms with E-state index in [1.807, 2.05) is 30.3 Å². The van der Waals surface area contributed by atoms with Gasteiger partial charge in [0.25, 0.3) is 0 Å². The molecule has 23 heavy (non-hydrogen) atoms. The average molecular weight is 335 g/mol. The van der Waals surface area contributed by atoms with Crippen LogP contribution in [0.15, 0.2) is 54.6 Å². The largest absolute Gasteiger partial charge is 0.349 e. The van der Waals surface area contributed by atoms with Gasteiger partial charge in [-0.15, -0.1) is 0 Å². The Morgan fingerprint density at radius 1 is 1.09 bits per heavy atom. The Morgan fingerprint density at radius 3 is 2.35 bits per heavy atom. The number of halogens is 1. The Labute approximate surface area is 135 Å². The van der Waals surface area contributed by atoms with Crippen LogP contribution in [-0.2, 0) is 20.4 Å². The number of nitrogens with one attached hydrogen (secondary N) is 1. The normalized spacial score (nSPS) is 12.6. The molecule has 0 saturated carbocycles. The molecule has 0 aliphatic carbocycles. The van der Waals surface area contributed by atoms with E-state index in [9.17, 15) is 17.6 Å². The first-order chi connectivity index (χ1) is 10.9. The number of sulfone groups is 1. The summed E-state index contributed by atoms with van der Waals surface area (Å²) in [5, 5.41) is 2.64. The lowest BCUT2D eigenvalue weighted by Crippen LogP contribution is -2.32. The molecule has 6 heteroatoms. The zero-order chi connectivity index (χ0) is 16.9. The van der Waals surface area contributed by atoms with Crippen molar-refractivity contribution in [3.63, 3.8) is 0 Å². The number of rotatable bonds is 6. The minimum atomic E-state index is -3.74. The maximum Gasteiger partial charge on any atom is 0.235 e. The summed E-state index contributed by atoms with van der Waals surface area (Å²) in [5.41, 5.74) is 0.948. The van der Waals surface area contributed by atoms with Gasteiger partial charge in [0.2, 0.25) is 5.91 Å². The number of carbonyl (C=O) groups is 1. The van der Waals surface area contributed by atoms with Crippen molar-refractivity contribution in [1.29, 1.82) is 0 Å². The number of benzene rings is 2. The van der Waals surface area contributed by atoms with Crippen molar-refractivity contribution < 1.29 is 17.6 Å². The van der Waals surface area contributed by atoms with Gasteiger partial charge in [-0.2, -0.15) is 0 Å². The van der Waals surface area contributed by atoms with Crippen LogP contribution in [0.1, 0.15) is 24.1 Å². The summed E-state index contributed by atoms with van der Waals surface area (Å²) >= 11 is 0. The topological polar surface area (TPSA) is 63.2 Å². The molecule has 0 saturated heterocycles. The molecule has 1 atom stereocenters. The van der Waals surface area contributed by atoms with Gasteiger partial charge in [0.15, 0.2) is 9.84 Å². The highest BCUT2D eigenvalue weighted by Gasteiger charge is 2.20. The summed E-state index contributed by atoms with van der Waals surface area (Å²) in [6, 6.07) is 14.6. The molecule has 0 aromatic heterocycles. The van der Waals surface area contributed by atoms with Gasteiger partial charge >= 0.3 is 0 Å². The first-order valence-corrected chi connectivity index (χ1v) is 8.97. The highest BCUT2D eigenvalue weighted by atomic mass is 32.2. The van der Waals surface area contributed by atoms with Crippen molar-refractivity contribution in [2.45, 2.75) is 18.7 Å². The smallest absolute Gasteiger partial charge is 0.235 e. The van der Waals surface area contributed by atoms with Crippen molar-refractivity contribution in [1.82, 2.24) is 5.32 Å². The molecule has 2 rings (SSSR count). The number of amides is 1. The van der Waals surface area contributed by atoms with E-state index in [1.165, 1.54) is 18.2 Å². The quantitative estimate of drug-likeness (QED) is 0.883. The van der Waals surface area contributed by atoms with E-state index in [-0.39, 0.29) is 11.6 Å². The van der Waals surface area contributed by atoms with Gasteiger partial charge in [-0.3, -0.25) is 4.79 Å². The third-order valence-corrected chi connectivity index (χ3v) is 4.81. The third kappa shape index (κ3) is 5.17. The van der Waals surface area contributed by atoms with Crippen molar-refractivity contribution in [3.05, 3.63) is 71.5 Å². The maximum atomic E-state index is 13.5. The minimum Gasteiger partial charge on any atom is -0.349 e. The molecular weight excluding hydrogens is 317 g/mol. The van der Waals surface area contributed by atoms with E-state index in [4.69, 9.17) is 0 Å². The summed E-state index contributed by atoms with van der Waals surface area (Å²) in [6.45, 7) is 1.77. The monoisotopic (exact) mass is 335 g/mol. The molecule has 0 bridgehead atoms. The number of hydrogen-bond acceptors (Lipinski definition) is 3. The van der Waals surface area contributed by atoms with Crippen molar-refractivity contribution in [3.8, 4) is 0 Å². The molecule has 0 heterocycles. The molecule has 0 aliphatic rings. The first-order valence-electron chi connectivity index (χ1n) is 7.15. The standard InChI is InChI=1S/C17H18FNO3S/c1-13(14-7-3-2-4-8-14)19-17(20)12-23(21,22)11-15-9-5-6-10-16(15)18/h2-10,13H,11-12H2,1H3,(H,19,20). The minimum absolute atomic E-state index is 0.0661. The Bertz CT molecular complexity index is 775. The highest BCUT2D eigenvalue weighted by molar-refractivity contribution is 7.91. The van der Waals surface area contributed by atoms with Crippen LogP contribution < -0.4 is 5.32 Å². The molecule has 1 N–H and O–H groups in total. The lowest BCUT2D eigenvalue weighted by atomic mass is 10.1. The van der Waals surface area contributed by atoms with E-state index in [0.29, 0.717) is 0 Å². The fourth-order valence-corrected chi connectivity index (χ4v) is 3.50. The van der Waals surface area contributed by atoms with E-state index < -0.39 is 33.1 Å². The number of carbonyl (C=O) groups excluding carboxylic acids is 1. The summed E-state index contributed by atoms with van der Waals surface area (Å²) in [5.74, 6) is -2.35. The van der Waals surface area contributed by atoms with Crippen LogP contribution >= 0.6 is 0 Å². The second-order valence-corrected chi connectivity index (χ2v) is 7.39. The highest BCUT2D eigenvalue weighted by Crippen LogP contribution is 2.13. The van der Waals surface area contributed by atoms with Crippen LogP contribution in [0.4, 0.5) is 4.39 Å². The van der Waals surface area contributed by atoms with Crippen molar-refractivity contribution >= 4 is 15.7 Å². The predicted molar refractivity (Wildman–Crippen MR) is 86.9 cm³/mol.